The van der Waals surface area contributed by atoms with E-state index >= 15 is 0 Å². The molecule has 5 heterocycles. The Hall–Kier alpha value is -7.95. The van der Waals surface area contributed by atoms with Crippen molar-refractivity contribution in [1.29, 1.82) is 0 Å². The Morgan fingerprint density at radius 1 is 1.02 bits per heavy atom. The first-order chi connectivity index (χ1) is 43.7. The van der Waals surface area contributed by atoms with Gasteiger partial charge < -0.3 is 60.1 Å². The molecule has 4 aromatic rings. The number of unbranched alkanes of at least 4 members (excludes halogenated alkanes) is 1. The minimum Gasteiger partial charge on any atom is -0.598 e. The molecule has 0 fully saturated rings. The predicted molar refractivity (Wildman–Crippen MR) is 351 cm³/mol. The molecule has 0 spiro atoms. The number of carbonyl (C=O) groups is 7. The number of carbonyl (C=O) groups excluding carboxylic acids is 7. The molecule has 92 heavy (non-hydrogen) atoms. The quantitative estimate of drug-likeness (QED) is 0.0149. The van der Waals surface area contributed by atoms with Crippen molar-refractivity contribution in [3.05, 3.63) is 124 Å². The van der Waals surface area contributed by atoms with Crippen molar-refractivity contribution in [2.24, 2.45) is 16.6 Å². The Labute approximate surface area is 544 Å². The number of amidine groups is 1. The van der Waals surface area contributed by atoms with Crippen molar-refractivity contribution >= 4 is 92.7 Å². The van der Waals surface area contributed by atoms with Crippen LogP contribution in [0.25, 0.3) is 16.6 Å². The second-order valence-electron chi connectivity index (χ2n) is 24.4. The highest BCUT2D eigenvalue weighted by atomic mass is 32.2. The Morgan fingerprint density at radius 2 is 1.76 bits per heavy atom. The monoisotopic (exact) mass is 1310 g/mol. The number of anilines is 1. The van der Waals surface area contributed by atoms with Crippen LogP contribution in [-0.4, -0.2) is 155 Å². The van der Waals surface area contributed by atoms with Crippen LogP contribution in [0, 0.1) is 5.92 Å². The van der Waals surface area contributed by atoms with Crippen molar-refractivity contribution in [2.75, 3.05) is 51.1 Å². The van der Waals surface area contributed by atoms with Gasteiger partial charge in [0.05, 0.1) is 67.0 Å². The molecule has 5 amide bonds. The molecule has 2 aromatic heterocycles. The molecule has 2 aromatic carbocycles. The number of rotatable bonds is 31. The summed E-state index contributed by atoms with van der Waals surface area (Å²) in [5.41, 5.74) is 9.33. The Bertz CT molecular complexity index is 3480. The van der Waals surface area contributed by atoms with Crippen LogP contribution < -0.4 is 27.0 Å². The zero-order chi connectivity index (χ0) is 66.9. The van der Waals surface area contributed by atoms with E-state index in [4.69, 9.17) is 34.4 Å². The van der Waals surface area contributed by atoms with E-state index in [0.29, 0.717) is 100 Å². The number of hydrogen-bond donors (Lipinski definition) is 5. The molecule has 4 atom stereocenters. The number of nitrogens with one attached hydrogen (secondary N) is 4. The van der Waals surface area contributed by atoms with Crippen LogP contribution in [0.15, 0.2) is 101 Å². The lowest BCUT2D eigenvalue weighted by Gasteiger charge is -2.35. The van der Waals surface area contributed by atoms with Gasteiger partial charge >= 0.3 is 12.1 Å². The highest BCUT2D eigenvalue weighted by molar-refractivity contribution is 8.14. The SMILES string of the molecule is CC[C@@]1(OC(=O)OCc2ccc(NC(=O)CNC(=O)COCC(=O)NC(C)(C)COC(C)(C)Cn3cc(CNC(=O)CCC/C=C\C4=CN=C(N)SC(C)C4C)nn3)cc2)C(=O)OCC(C)=C1/C=C1/c2nc3ccccc3c(CCN(C(C)C)[S+](C)[O-])c2CN1C=O. The van der Waals surface area contributed by atoms with Crippen LogP contribution in [0.5, 0.6) is 0 Å². The van der Waals surface area contributed by atoms with Crippen LogP contribution in [0.1, 0.15) is 123 Å². The number of benzene rings is 2. The van der Waals surface area contributed by atoms with Gasteiger partial charge in [-0.15, -0.1) is 9.40 Å². The van der Waals surface area contributed by atoms with Crippen LogP contribution in [0.4, 0.5) is 10.5 Å². The average molecular weight is 1310 g/mol. The number of aliphatic imine (C=N–C) groups is 1. The van der Waals surface area contributed by atoms with Crippen LogP contribution in [0.2, 0.25) is 0 Å². The molecule has 0 saturated carbocycles. The molecule has 3 unspecified atom stereocenters. The van der Waals surface area contributed by atoms with Gasteiger partial charge in [-0.2, -0.15) is 0 Å². The van der Waals surface area contributed by atoms with Crippen molar-refractivity contribution in [2.45, 2.75) is 156 Å². The maximum Gasteiger partial charge on any atom is 0.510 e. The summed E-state index contributed by atoms with van der Waals surface area (Å²) in [6.07, 6.45) is 12.8. The number of para-hydroxylation sites is 1. The summed E-state index contributed by atoms with van der Waals surface area (Å²) >= 11 is 0.346. The van der Waals surface area contributed by atoms with Gasteiger partial charge in [-0.1, -0.05) is 80.2 Å². The molecule has 25 nitrogen and oxygen atoms in total. The number of pyridine rings is 1. The summed E-state index contributed by atoms with van der Waals surface area (Å²) in [5.74, 6) is -2.26. The minimum absolute atomic E-state index is 0.0239. The number of ether oxygens (including phenoxy) is 5. The zero-order valence-corrected chi connectivity index (χ0v) is 55.9. The number of cyclic esters (lactones) is 1. The second kappa shape index (κ2) is 32.6. The molecule has 3 aliphatic heterocycles. The third-order valence-electron chi connectivity index (χ3n) is 15.7. The van der Waals surface area contributed by atoms with Gasteiger partial charge in [-0.05, 0) is 127 Å². The molecule has 27 heteroatoms. The minimum atomic E-state index is -1.94. The highest BCUT2D eigenvalue weighted by Gasteiger charge is 2.50. The highest BCUT2D eigenvalue weighted by Crippen LogP contribution is 2.42. The van der Waals surface area contributed by atoms with E-state index in [0.717, 1.165) is 28.5 Å². The van der Waals surface area contributed by atoms with E-state index in [9.17, 15) is 38.1 Å². The molecule has 0 radical (unpaired) electrons. The normalized spacial score (nSPS) is 18.5. The molecule has 496 valence electrons. The van der Waals surface area contributed by atoms with Gasteiger partial charge in [0.2, 0.25) is 35.6 Å². The topological polar surface area (TPSA) is 325 Å². The first-order valence-electron chi connectivity index (χ1n) is 30.6. The molecule has 3 aliphatic rings. The smallest absolute Gasteiger partial charge is 0.510 e. The van der Waals surface area contributed by atoms with Crippen molar-refractivity contribution in [3.63, 3.8) is 0 Å². The molecule has 6 N–H and O–H groups in total. The van der Waals surface area contributed by atoms with Gasteiger partial charge in [0.1, 0.15) is 38.4 Å². The van der Waals surface area contributed by atoms with E-state index in [-0.39, 0.29) is 51.3 Å². The molecular formula is C65H86N12O13S2. The Morgan fingerprint density at radius 3 is 2.48 bits per heavy atom. The summed E-state index contributed by atoms with van der Waals surface area (Å²) in [7, 11) is 0. The first-order valence-corrected chi connectivity index (χ1v) is 33.0. The van der Waals surface area contributed by atoms with Crippen molar-refractivity contribution in [1.82, 2.24) is 45.1 Å². The lowest BCUT2D eigenvalue weighted by atomic mass is 9.84. The maximum atomic E-state index is 13.8. The zero-order valence-electron chi connectivity index (χ0n) is 54.3. The summed E-state index contributed by atoms with van der Waals surface area (Å²) in [4.78, 5) is 102. The maximum absolute atomic E-state index is 13.8. The van der Waals surface area contributed by atoms with E-state index in [1.165, 1.54) is 4.90 Å². The Kier molecular flexibility index (Phi) is 25.3. The number of nitrogens with two attached hydrogens (primary N) is 1. The van der Waals surface area contributed by atoms with Gasteiger partial charge in [-0.3, -0.25) is 24.0 Å². The Balaban J connectivity index is 0.804. The number of esters is 1. The molecule has 0 bridgehead atoms. The van der Waals surface area contributed by atoms with E-state index < -0.39 is 77.7 Å². The number of nitrogens with zero attached hydrogens (tertiary/aromatic N) is 7. The van der Waals surface area contributed by atoms with Gasteiger partial charge in [-0.25, -0.2) is 24.2 Å². The van der Waals surface area contributed by atoms with E-state index in [1.54, 1.807) is 86.9 Å². The molecule has 0 saturated heterocycles. The number of fused-ring (bicyclic) bond motifs is 2. The number of allylic oxidation sites excluding steroid dienone is 3. The summed E-state index contributed by atoms with van der Waals surface area (Å²) < 4.78 is 44.7. The first kappa shape index (κ1) is 71.5. The number of thioether (sulfide) groups is 1. The fraction of sp³-hybridized carbons (Fsp3) is 0.492. The van der Waals surface area contributed by atoms with Crippen molar-refractivity contribution in [3.8, 4) is 0 Å². The summed E-state index contributed by atoms with van der Waals surface area (Å²) in [5, 5.41) is 21.1. The average Bonchev–Trinajstić information content (AvgIpc) is 1.47. The molecule has 7 rings (SSSR count). The third kappa shape index (κ3) is 19.8. The number of amides is 5. The molecule has 0 aliphatic carbocycles. The largest absolute Gasteiger partial charge is 0.598 e. The van der Waals surface area contributed by atoms with Gasteiger partial charge in [0.25, 0.3) is 0 Å². The van der Waals surface area contributed by atoms with Crippen LogP contribution in [-0.2, 0) is 96.5 Å². The van der Waals surface area contributed by atoms with E-state index in [1.807, 2.05) is 62.5 Å². The van der Waals surface area contributed by atoms with Crippen LogP contribution >= 0.6 is 11.8 Å². The summed E-state index contributed by atoms with van der Waals surface area (Å²) in [6, 6.07) is 14.0. The number of hydrogen-bond acceptors (Lipinski definition) is 20. The fourth-order valence-electron chi connectivity index (χ4n) is 10.6. The van der Waals surface area contributed by atoms with Crippen molar-refractivity contribution < 1.29 is 61.8 Å². The fourth-order valence-corrected chi connectivity index (χ4v) is 12.4. The van der Waals surface area contributed by atoms with Crippen LogP contribution in [0.3, 0.4) is 0 Å². The number of aromatic nitrogens is 4. The standard InChI is InChI=1S/C65H86N12O13S2/c1-12-65(52(42(4)34-87-60(65)83)28-54-59-51(33-75(54)40-78)49(26-27-77(41(2)3)92(11)85)50-19-16-17-20-53(50)71-59)90-62(84)88-35-45-22-24-47(25-23-45)70-56(80)31-68-57(81)36-86-37-58(82)72-63(7,8)39-89-64(9,10)38-76-32-48(73-74-76)30-67-55(79)21-15-13-14-18-46-29-69-61(66)91-44(6)43(46)5/h14,16-20,22-25,28-29,32,40-41,43-44H,12-13,15,21,26-27,30-31,33-39H2,1-11H3,(H2,66,69)(H,67,79)(H,68,81)(H,70,80)(H,72,82)/b18-14-,54-28-/t43?,44?,65-,92?/m0/s1. The molecular weight excluding hydrogens is 1220 g/mol. The lowest BCUT2D eigenvalue weighted by molar-refractivity contribution is -0.165. The van der Waals surface area contributed by atoms with Gasteiger partial charge in [0.15, 0.2) is 5.17 Å². The predicted octanol–water partition coefficient (Wildman–Crippen LogP) is 6.84. The lowest BCUT2D eigenvalue weighted by Crippen LogP contribution is -2.50. The second-order valence-corrected chi connectivity index (χ2v) is 27.1. The van der Waals surface area contributed by atoms with E-state index in [2.05, 4.69) is 62.6 Å². The third-order valence-corrected chi connectivity index (χ3v) is 18.0. The van der Waals surface area contributed by atoms with Gasteiger partial charge in [0, 0.05) is 64.0 Å². The summed E-state index contributed by atoms with van der Waals surface area (Å²) in [6.45, 7) is 18.7.